The van der Waals surface area contributed by atoms with Crippen LogP contribution in [-0.4, -0.2) is 38.6 Å². The Labute approximate surface area is 166 Å². The fraction of sp³-hybridized carbons (Fsp3) is 0.381. The highest BCUT2D eigenvalue weighted by Crippen LogP contribution is 2.14. The van der Waals surface area contributed by atoms with Gasteiger partial charge in [-0.2, -0.15) is 10.2 Å². The molecule has 1 atom stereocenters. The van der Waals surface area contributed by atoms with Gasteiger partial charge in [-0.05, 0) is 44.9 Å². The number of hydrogen-bond acceptors (Lipinski definition) is 3. The summed E-state index contributed by atoms with van der Waals surface area (Å²) in [5.74, 6) is 0.777. The highest BCUT2D eigenvalue weighted by Gasteiger charge is 2.14. The van der Waals surface area contributed by atoms with E-state index in [1.807, 2.05) is 59.1 Å². The first kappa shape index (κ1) is 19.7. The number of nitrogens with zero attached hydrogens (tertiary/aromatic N) is 5. The lowest BCUT2D eigenvalue weighted by Crippen LogP contribution is -2.42. The maximum absolute atomic E-state index is 4.50. The van der Waals surface area contributed by atoms with E-state index in [-0.39, 0.29) is 6.04 Å². The fourth-order valence-electron chi connectivity index (χ4n) is 3.26. The maximum atomic E-state index is 4.50. The van der Waals surface area contributed by atoms with E-state index in [0.717, 1.165) is 29.3 Å². The normalized spacial score (nSPS) is 12.8. The van der Waals surface area contributed by atoms with Gasteiger partial charge in [-0.3, -0.25) is 9.67 Å². The Morgan fingerprint density at radius 1 is 1.21 bits per heavy atom. The van der Waals surface area contributed by atoms with Crippen molar-refractivity contribution in [2.45, 2.75) is 39.8 Å². The minimum Gasteiger partial charge on any atom is -0.354 e. The lowest BCUT2D eigenvalue weighted by atomic mass is 10.1. The first-order chi connectivity index (χ1) is 13.5. The lowest BCUT2D eigenvalue weighted by Gasteiger charge is -2.18. The van der Waals surface area contributed by atoms with Crippen LogP contribution in [0.25, 0.3) is 5.69 Å². The molecule has 1 unspecified atom stereocenters. The van der Waals surface area contributed by atoms with E-state index < -0.39 is 0 Å². The molecule has 2 N–H and O–H groups in total. The number of aliphatic imine (C=N–C) groups is 1. The van der Waals surface area contributed by atoms with Crippen molar-refractivity contribution in [3.8, 4) is 5.69 Å². The van der Waals surface area contributed by atoms with Gasteiger partial charge in [0.25, 0.3) is 0 Å². The highest BCUT2D eigenvalue weighted by atomic mass is 15.3. The molecule has 0 bridgehead atoms. The molecule has 0 saturated heterocycles. The van der Waals surface area contributed by atoms with Crippen LogP contribution in [0.3, 0.4) is 0 Å². The second-order valence-corrected chi connectivity index (χ2v) is 7.08. The molecule has 2 heterocycles. The Morgan fingerprint density at radius 2 is 1.96 bits per heavy atom. The van der Waals surface area contributed by atoms with Crippen LogP contribution in [0.2, 0.25) is 0 Å². The third-order valence-corrected chi connectivity index (χ3v) is 4.89. The predicted molar refractivity (Wildman–Crippen MR) is 113 cm³/mol. The van der Waals surface area contributed by atoms with Gasteiger partial charge in [0.2, 0.25) is 0 Å². The topological polar surface area (TPSA) is 72.1 Å². The number of rotatable bonds is 6. The molecule has 1 aromatic carbocycles. The summed E-state index contributed by atoms with van der Waals surface area (Å²) < 4.78 is 3.82. The zero-order valence-electron chi connectivity index (χ0n) is 17.3. The van der Waals surface area contributed by atoms with Crippen LogP contribution in [0.4, 0.5) is 0 Å². The van der Waals surface area contributed by atoms with Crippen LogP contribution in [-0.2, 0) is 20.0 Å². The number of para-hydroxylation sites is 1. The molecule has 0 amide bonds. The largest absolute Gasteiger partial charge is 0.354 e. The van der Waals surface area contributed by atoms with Gasteiger partial charge in [0.15, 0.2) is 5.96 Å². The highest BCUT2D eigenvalue weighted by molar-refractivity contribution is 5.79. The van der Waals surface area contributed by atoms with E-state index in [2.05, 4.69) is 46.6 Å². The average molecular weight is 380 g/mol. The summed E-state index contributed by atoms with van der Waals surface area (Å²) in [5, 5.41) is 15.8. The summed E-state index contributed by atoms with van der Waals surface area (Å²) in [6.07, 6.45) is 4.80. The molecule has 0 aliphatic heterocycles. The van der Waals surface area contributed by atoms with Gasteiger partial charge in [0.05, 0.1) is 17.6 Å². The molecular formula is C21H29N7. The van der Waals surface area contributed by atoms with E-state index in [4.69, 9.17) is 0 Å². The molecule has 0 saturated carbocycles. The van der Waals surface area contributed by atoms with E-state index in [0.29, 0.717) is 6.54 Å². The standard InChI is InChI=1S/C21H29N7/c1-15(11-20-16(2)26-27(5)17(20)3)25-21(22-4)23-12-18-13-24-28(14-18)19-9-7-6-8-10-19/h6-10,13-15H,11-12H2,1-5H3,(H2,22,23,25). The van der Waals surface area contributed by atoms with E-state index in [1.165, 1.54) is 11.3 Å². The SMILES string of the molecule is CN=C(NCc1cnn(-c2ccccc2)c1)NC(C)Cc1c(C)nn(C)c1C. The molecule has 7 heteroatoms. The summed E-state index contributed by atoms with van der Waals surface area (Å²) in [5.41, 5.74) is 5.74. The molecule has 3 aromatic rings. The Balaban J connectivity index is 1.55. The van der Waals surface area contributed by atoms with Crippen molar-refractivity contribution in [2.24, 2.45) is 12.0 Å². The smallest absolute Gasteiger partial charge is 0.191 e. The predicted octanol–water partition coefficient (Wildman–Crippen LogP) is 2.52. The van der Waals surface area contributed by atoms with Crippen molar-refractivity contribution in [1.82, 2.24) is 30.2 Å². The second kappa shape index (κ2) is 8.73. The third-order valence-electron chi connectivity index (χ3n) is 4.89. The quantitative estimate of drug-likeness (QED) is 0.510. The molecule has 0 spiro atoms. The molecule has 28 heavy (non-hydrogen) atoms. The molecule has 0 radical (unpaired) electrons. The van der Waals surface area contributed by atoms with Crippen LogP contribution >= 0.6 is 0 Å². The molecule has 7 nitrogen and oxygen atoms in total. The van der Waals surface area contributed by atoms with Gasteiger partial charge in [-0.15, -0.1) is 0 Å². The molecule has 0 aliphatic carbocycles. The average Bonchev–Trinajstić information content (AvgIpc) is 3.26. The number of nitrogens with one attached hydrogen (secondary N) is 2. The summed E-state index contributed by atoms with van der Waals surface area (Å²) in [4.78, 5) is 4.35. The monoisotopic (exact) mass is 379 g/mol. The van der Waals surface area contributed by atoms with Crippen LogP contribution in [0.1, 0.15) is 29.4 Å². The third kappa shape index (κ3) is 4.60. The Hall–Kier alpha value is -3.09. The first-order valence-electron chi connectivity index (χ1n) is 9.53. The molecule has 0 aliphatic rings. The number of aromatic nitrogens is 4. The minimum absolute atomic E-state index is 0.236. The van der Waals surface area contributed by atoms with Crippen LogP contribution < -0.4 is 10.6 Å². The molecule has 0 fully saturated rings. The zero-order valence-corrected chi connectivity index (χ0v) is 17.3. The Kier molecular flexibility index (Phi) is 6.13. The van der Waals surface area contributed by atoms with E-state index in [9.17, 15) is 0 Å². The van der Waals surface area contributed by atoms with E-state index in [1.54, 1.807) is 7.05 Å². The van der Waals surface area contributed by atoms with Crippen molar-refractivity contribution < 1.29 is 0 Å². The Morgan fingerprint density at radius 3 is 2.61 bits per heavy atom. The number of aryl methyl sites for hydroxylation is 2. The molecule has 2 aromatic heterocycles. The van der Waals surface area contributed by atoms with Crippen LogP contribution in [0.5, 0.6) is 0 Å². The van der Waals surface area contributed by atoms with Crippen molar-refractivity contribution in [2.75, 3.05) is 7.05 Å². The summed E-state index contributed by atoms with van der Waals surface area (Å²) in [7, 11) is 3.77. The summed E-state index contributed by atoms with van der Waals surface area (Å²) >= 11 is 0. The number of guanidine groups is 1. The molecular weight excluding hydrogens is 350 g/mol. The molecule has 3 rings (SSSR count). The first-order valence-corrected chi connectivity index (χ1v) is 9.53. The maximum Gasteiger partial charge on any atom is 0.191 e. The van der Waals surface area contributed by atoms with Crippen molar-refractivity contribution in [3.05, 3.63) is 65.2 Å². The van der Waals surface area contributed by atoms with Gasteiger partial charge >= 0.3 is 0 Å². The van der Waals surface area contributed by atoms with Crippen molar-refractivity contribution in [1.29, 1.82) is 0 Å². The van der Waals surface area contributed by atoms with Gasteiger partial charge in [0.1, 0.15) is 0 Å². The second-order valence-electron chi connectivity index (χ2n) is 7.08. The summed E-state index contributed by atoms with van der Waals surface area (Å²) in [6, 6.07) is 10.3. The van der Waals surface area contributed by atoms with Gasteiger partial charge in [-0.1, -0.05) is 18.2 Å². The summed E-state index contributed by atoms with van der Waals surface area (Å²) in [6.45, 7) is 6.99. The molecule has 148 valence electrons. The van der Waals surface area contributed by atoms with E-state index >= 15 is 0 Å². The Bertz CT molecular complexity index is 937. The van der Waals surface area contributed by atoms with Crippen LogP contribution in [0, 0.1) is 13.8 Å². The van der Waals surface area contributed by atoms with Gasteiger partial charge in [-0.25, -0.2) is 4.68 Å². The van der Waals surface area contributed by atoms with Crippen molar-refractivity contribution >= 4 is 5.96 Å². The van der Waals surface area contributed by atoms with Crippen LogP contribution in [0.15, 0.2) is 47.7 Å². The fourth-order valence-corrected chi connectivity index (χ4v) is 3.26. The number of benzene rings is 1. The van der Waals surface area contributed by atoms with Gasteiger partial charge in [0, 0.05) is 44.1 Å². The zero-order chi connectivity index (χ0) is 20.1. The lowest BCUT2D eigenvalue weighted by molar-refractivity contribution is 0.635. The van der Waals surface area contributed by atoms with Crippen molar-refractivity contribution in [3.63, 3.8) is 0 Å². The minimum atomic E-state index is 0.236. The number of hydrogen-bond donors (Lipinski definition) is 2. The van der Waals surface area contributed by atoms with Gasteiger partial charge < -0.3 is 10.6 Å².